The summed E-state index contributed by atoms with van der Waals surface area (Å²) < 4.78 is 5.96. The van der Waals surface area contributed by atoms with E-state index in [0.717, 1.165) is 37.2 Å². The van der Waals surface area contributed by atoms with Crippen LogP contribution in [0.1, 0.15) is 43.3 Å². The van der Waals surface area contributed by atoms with Gasteiger partial charge in [0.1, 0.15) is 11.5 Å². The van der Waals surface area contributed by atoms with E-state index in [9.17, 15) is 0 Å². The molecule has 0 aromatic carbocycles. The van der Waals surface area contributed by atoms with Crippen LogP contribution in [0.5, 0.6) is 0 Å². The third-order valence-electron chi connectivity index (χ3n) is 4.86. The van der Waals surface area contributed by atoms with Crippen LogP contribution in [0.3, 0.4) is 0 Å². The molecule has 0 saturated carbocycles. The maximum absolute atomic E-state index is 5.96. The maximum Gasteiger partial charge on any atom is 0.118 e. The van der Waals surface area contributed by atoms with Crippen molar-refractivity contribution in [3.63, 3.8) is 0 Å². The minimum atomic E-state index is 0.792. The summed E-state index contributed by atoms with van der Waals surface area (Å²) in [6.45, 7) is 12.2. The van der Waals surface area contributed by atoms with Gasteiger partial charge in [0.15, 0.2) is 0 Å². The molecule has 2 fully saturated rings. The van der Waals surface area contributed by atoms with Crippen LogP contribution in [0, 0.1) is 6.92 Å². The predicted octanol–water partition coefficient (Wildman–Crippen LogP) is 2.37. The van der Waals surface area contributed by atoms with Crippen LogP contribution in [0.2, 0.25) is 0 Å². The van der Waals surface area contributed by atoms with Crippen molar-refractivity contribution in [2.45, 2.75) is 52.2 Å². The number of aryl methyl sites for hydroxylation is 1. The number of furan rings is 1. The summed E-state index contributed by atoms with van der Waals surface area (Å²) in [5, 5.41) is 3.46. The van der Waals surface area contributed by atoms with Gasteiger partial charge in [-0.05, 0) is 45.3 Å². The Labute approximate surface area is 128 Å². The van der Waals surface area contributed by atoms with Crippen molar-refractivity contribution < 1.29 is 4.42 Å². The minimum absolute atomic E-state index is 0.792. The van der Waals surface area contributed by atoms with Gasteiger partial charge in [-0.3, -0.25) is 9.80 Å². The molecule has 1 N–H and O–H groups in total. The number of nitrogens with zero attached hydrogens (tertiary/aromatic N) is 2. The van der Waals surface area contributed by atoms with Crippen LogP contribution in [0.25, 0.3) is 0 Å². The lowest BCUT2D eigenvalue weighted by molar-refractivity contribution is 0.0939. The Kier molecular flexibility index (Phi) is 4.99. The predicted molar refractivity (Wildman–Crippen MR) is 85.3 cm³/mol. The molecule has 1 atom stereocenters. The Bertz CT molecular complexity index is 457. The lowest BCUT2D eigenvalue weighted by Gasteiger charge is -2.37. The van der Waals surface area contributed by atoms with Crippen molar-refractivity contribution in [2.75, 3.05) is 32.7 Å². The number of hydrogen-bond acceptors (Lipinski definition) is 4. The third kappa shape index (κ3) is 3.68. The molecule has 4 heteroatoms. The monoisotopic (exact) mass is 291 g/mol. The molecule has 1 aromatic heterocycles. The molecule has 0 aliphatic carbocycles. The molecule has 0 radical (unpaired) electrons. The molecule has 2 aliphatic rings. The van der Waals surface area contributed by atoms with Gasteiger partial charge in [0, 0.05) is 37.8 Å². The second-order valence-electron chi connectivity index (χ2n) is 6.54. The molecule has 3 heterocycles. The molecule has 1 unspecified atom stereocenters. The number of fused-ring (bicyclic) bond motifs is 1. The first kappa shape index (κ1) is 15.1. The van der Waals surface area contributed by atoms with E-state index >= 15 is 0 Å². The first-order valence-electron chi connectivity index (χ1n) is 8.51. The van der Waals surface area contributed by atoms with Gasteiger partial charge >= 0.3 is 0 Å². The van der Waals surface area contributed by atoms with Crippen LogP contribution >= 0.6 is 0 Å². The molecule has 0 amide bonds. The molecule has 1 aromatic rings. The van der Waals surface area contributed by atoms with Gasteiger partial charge in [-0.25, -0.2) is 0 Å². The van der Waals surface area contributed by atoms with Crippen molar-refractivity contribution in [3.8, 4) is 0 Å². The number of rotatable bonds is 6. The molecule has 0 spiro atoms. The number of nitrogens with one attached hydrogen (secondary N) is 1. The zero-order chi connectivity index (χ0) is 14.7. The van der Waals surface area contributed by atoms with E-state index in [1.165, 1.54) is 51.0 Å². The van der Waals surface area contributed by atoms with E-state index in [0.29, 0.717) is 0 Å². The van der Waals surface area contributed by atoms with Crippen molar-refractivity contribution in [3.05, 3.63) is 23.2 Å². The molecule has 0 bridgehead atoms. The molecule has 21 heavy (non-hydrogen) atoms. The molecule has 118 valence electrons. The average Bonchev–Trinajstić information content (AvgIpc) is 3.06. The third-order valence-corrected chi connectivity index (χ3v) is 4.86. The molecule has 3 rings (SSSR count). The normalized spacial score (nSPS) is 23.6. The van der Waals surface area contributed by atoms with Gasteiger partial charge in [0.05, 0.1) is 6.54 Å². The van der Waals surface area contributed by atoms with E-state index < -0.39 is 0 Å². The largest absolute Gasteiger partial charge is 0.465 e. The van der Waals surface area contributed by atoms with Gasteiger partial charge in [-0.15, -0.1) is 0 Å². The summed E-state index contributed by atoms with van der Waals surface area (Å²) in [5.74, 6) is 2.21. The van der Waals surface area contributed by atoms with Gasteiger partial charge in [0.25, 0.3) is 0 Å². The summed E-state index contributed by atoms with van der Waals surface area (Å²) in [6, 6.07) is 3.04. The summed E-state index contributed by atoms with van der Waals surface area (Å²) in [7, 11) is 0. The lowest BCUT2D eigenvalue weighted by atomic mass is 10.1. The highest BCUT2D eigenvalue weighted by molar-refractivity contribution is 5.20. The topological polar surface area (TPSA) is 31.6 Å². The van der Waals surface area contributed by atoms with E-state index in [2.05, 4.69) is 35.0 Å². The lowest BCUT2D eigenvalue weighted by Crippen LogP contribution is -2.49. The first-order chi connectivity index (χ1) is 10.3. The van der Waals surface area contributed by atoms with Crippen molar-refractivity contribution in [1.29, 1.82) is 0 Å². The summed E-state index contributed by atoms with van der Waals surface area (Å²) in [5.41, 5.74) is 1.32. The van der Waals surface area contributed by atoms with Crippen molar-refractivity contribution in [2.24, 2.45) is 0 Å². The fourth-order valence-corrected chi connectivity index (χ4v) is 3.66. The van der Waals surface area contributed by atoms with Crippen LogP contribution in [-0.4, -0.2) is 48.6 Å². The Morgan fingerprint density at radius 2 is 2.24 bits per heavy atom. The fraction of sp³-hybridized carbons (Fsp3) is 0.765. The molecular formula is C17H29N3O. The van der Waals surface area contributed by atoms with Crippen LogP contribution in [-0.2, 0) is 13.1 Å². The van der Waals surface area contributed by atoms with E-state index in [-0.39, 0.29) is 0 Å². The average molecular weight is 291 g/mol. The standard InChI is InChI=1S/C17H29N3O/c1-3-6-18-11-15-10-17(21-14(15)2)13-19-8-9-20-7-4-5-16(20)12-19/h10,16,18H,3-9,11-13H2,1-2H3. The summed E-state index contributed by atoms with van der Waals surface area (Å²) in [6.07, 6.45) is 3.93. The Balaban J connectivity index is 1.54. The highest BCUT2D eigenvalue weighted by Crippen LogP contribution is 2.23. The molecule has 2 saturated heterocycles. The highest BCUT2D eigenvalue weighted by Gasteiger charge is 2.30. The van der Waals surface area contributed by atoms with Gasteiger partial charge in [-0.1, -0.05) is 6.92 Å². The van der Waals surface area contributed by atoms with Gasteiger partial charge < -0.3 is 9.73 Å². The maximum atomic E-state index is 5.96. The van der Waals surface area contributed by atoms with Crippen LogP contribution in [0.15, 0.2) is 10.5 Å². The SMILES string of the molecule is CCCNCc1cc(CN2CCN3CCCC3C2)oc1C. The fourth-order valence-electron chi connectivity index (χ4n) is 3.66. The highest BCUT2D eigenvalue weighted by atomic mass is 16.3. The van der Waals surface area contributed by atoms with Crippen molar-refractivity contribution in [1.82, 2.24) is 15.1 Å². The zero-order valence-electron chi connectivity index (χ0n) is 13.5. The Morgan fingerprint density at radius 1 is 1.33 bits per heavy atom. The summed E-state index contributed by atoms with van der Waals surface area (Å²) >= 11 is 0. The molecule has 4 nitrogen and oxygen atoms in total. The molecular weight excluding hydrogens is 262 g/mol. The Hall–Kier alpha value is -0.840. The van der Waals surface area contributed by atoms with Gasteiger partial charge in [-0.2, -0.15) is 0 Å². The van der Waals surface area contributed by atoms with E-state index in [1.54, 1.807) is 0 Å². The van der Waals surface area contributed by atoms with Crippen LogP contribution < -0.4 is 5.32 Å². The number of piperazine rings is 1. The number of hydrogen-bond donors (Lipinski definition) is 1. The summed E-state index contributed by atoms with van der Waals surface area (Å²) in [4.78, 5) is 5.22. The van der Waals surface area contributed by atoms with E-state index in [4.69, 9.17) is 4.42 Å². The zero-order valence-corrected chi connectivity index (χ0v) is 13.5. The van der Waals surface area contributed by atoms with E-state index in [1.807, 2.05) is 0 Å². The molecule has 2 aliphatic heterocycles. The first-order valence-corrected chi connectivity index (χ1v) is 8.51. The smallest absolute Gasteiger partial charge is 0.118 e. The second kappa shape index (κ2) is 6.95. The minimum Gasteiger partial charge on any atom is -0.465 e. The van der Waals surface area contributed by atoms with Crippen LogP contribution in [0.4, 0.5) is 0 Å². The van der Waals surface area contributed by atoms with Gasteiger partial charge in [0.2, 0.25) is 0 Å². The quantitative estimate of drug-likeness (QED) is 0.816. The second-order valence-corrected chi connectivity index (χ2v) is 6.54. The van der Waals surface area contributed by atoms with Crippen molar-refractivity contribution >= 4 is 0 Å². The Morgan fingerprint density at radius 3 is 3.10 bits per heavy atom.